The fourth-order valence-electron chi connectivity index (χ4n) is 2.68. The number of carboxylic acids is 1. The summed E-state index contributed by atoms with van der Waals surface area (Å²) in [6, 6.07) is 7.02. The summed E-state index contributed by atoms with van der Waals surface area (Å²) in [6.45, 7) is 3.91. The average molecular weight is 277 g/mol. The minimum atomic E-state index is -0.835. The Morgan fingerprint density at radius 3 is 2.65 bits per heavy atom. The Balaban J connectivity index is 2.13. The van der Waals surface area contributed by atoms with Crippen molar-refractivity contribution in [2.45, 2.75) is 57.7 Å². The lowest BCUT2D eigenvalue weighted by atomic mass is 10.0. The molecule has 20 heavy (non-hydrogen) atoms. The molecule has 110 valence electrons. The van der Waals surface area contributed by atoms with Crippen LogP contribution in [0.1, 0.15) is 51.1 Å². The molecule has 1 aromatic rings. The van der Waals surface area contributed by atoms with Gasteiger partial charge in [0.2, 0.25) is 0 Å². The number of hydrogen-bond acceptors (Lipinski definition) is 3. The molecule has 1 saturated carbocycles. The number of nitrogens with one attached hydrogen (secondary N) is 1. The van der Waals surface area contributed by atoms with Crippen molar-refractivity contribution in [1.82, 2.24) is 5.32 Å². The predicted molar refractivity (Wildman–Crippen MR) is 78.0 cm³/mol. The van der Waals surface area contributed by atoms with Crippen LogP contribution in [0.15, 0.2) is 24.3 Å². The SMILES string of the molecule is CC(C)Oc1cccc(C(NC2CCCC2)C(=O)O)c1. The van der Waals surface area contributed by atoms with Crippen molar-refractivity contribution in [2.24, 2.45) is 0 Å². The molecular formula is C16H23NO3. The first kappa shape index (κ1) is 14.9. The van der Waals surface area contributed by atoms with Crippen molar-refractivity contribution in [3.05, 3.63) is 29.8 Å². The van der Waals surface area contributed by atoms with E-state index in [9.17, 15) is 9.90 Å². The lowest BCUT2D eigenvalue weighted by Gasteiger charge is -2.20. The molecule has 2 N–H and O–H groups in total. The van der Waals surface area contributed by atoms with E-state index in [1.807, 2.05) is 38.1 Å². The van der Waals surface area contributed by atoms with Crippen LogP contribution in [0, 0.1) is 0 Å². The fourth-order valence-corrected chi connectivity index (χ4v) is 2.68. The van der Waals surface area contributed by atoms with Crippen LogP contribution in [-0.2, 0) is 4.79 Å². The van der Waals surface area contributed by atoms with Crippen LogP contribution in [0.4, 0.5) is 0 Å². The second-order valence-corrected chi connectivity index (χ2v) is 5.66. The number of carboxylic acid groups (broad SMARTS) is 1. The zero-order valence-corrected chi connectivity index (χ0v) is 12.1. The highest BCUT2D eigenvalue weighted by atomic mass is 16.5. The zero-order valence-electron chi connectivity index (χ0n) is 12.1. The third-order valence-electron chi connectivity index (χ3n) is 3.57. The molecule has 0 bridgehead atoms. The minimum Gasteiger partial charge on any atom is -0.491 e. The number of carbonyl (C=O) groups is 1. The molecule has 2 rings (SSSR count). The van der Waals surface area contributed by atoms with Crippen LogP contribution in [0.25, 0.3) is 0 Å². The molecule has 0 aromatic heterocycles. The van der Waals surface area contributed by atoms with Gasteiger partial charge >= 0.3 is 5.97 Å². The van der Waals surface area contributed by atoms with Gasteiger partial charge in [0.05, 0.1) is 6.10 Å². The van der Waals surface area contributed by atoms with E-state index < -0.39 is 12.0 Å². The van der Waals surface area contributed by atoms with Gasteiger partial charge in [-0.15, -0.1) is 0 Å². The predicted octanol–water partition coefficient (Wildman–Crippen LogP) is 3.13. The quantitative estimate of drug-likeness (QED) is 0.838. The van der Waals surface area contributed by atoms with Crippen molar-refractivity contribution in [3.8, 4) is 5.75 Å². The lowest BCUT2D eigenvalue weighted by molar-refractivity contribution is -0.139. The number of rotatable bonds is 6. The van der Waals surface area contributed by atoms with Gasteiger partial charge in [-0.25, -0.2) is 0 Å². The largest absolute Gasteiger partial charge is 0.491 e. The van der Waals surface area contributed by atoms with E-state index >= 15 is 0 Å². The van der Waals surface area contributed by atoms with Gasteiger partial charge in [-0.05, 0) is 44.4 Å². The average Bonchev–Trinajstić information content (AvgIpc) is 2.88. The van der Waals surface area contributed by atoms with Crippen LogP contribution in [-0.4, -0.2) is 23.2 Å². The molecular weight excluding hydrogens is 254 g/mol. The van der Waals surface area contributed by atoms with Crippen LogP contribution in [0.3, 0.4) is 0 Å². The Labute approximate surface area is 120 Å². The molecule has 4 heteroatoms. The highest BCUT2D eigenvalue weighted by Gasteiger charge is 2.25. The Bertz CT molecular complexity index is 453. The summed E-state index contributed by atoms with van der Waals surface area (Å²) < 4.78 is 5.63. The first-order valence-corrected chi connectivity index (χ1v) is 7.31. The number of benzene rings is 1. The molecule has 1 aliphatic carbocycles. The molecule has 1 aromatic carbocycles. The Hall–Kier alpha value is -1.55. The summed E-state index contributed by atoms with van der Waals surface area (Å²) in [6.07, 6.45) is 4.56. The third kappa shape index (κ3) is 3.97. The summed E-state index contributed by atoms with van der Waals surface area (Å²) in [5, 5.41) is 12.7. The molecule has 0 aliphatic heterocycles. The molecule has 1 aliphatic rings. The molecule has 0 spiro atoms. The third-order valence-corrected chi connectivity index (χ3v) is 3.57. The van der Waals surface area contributed by atoms with Crippen molar-refractivity contribution in [1.29, 1.82) is 0 Å². The second-order valence-electron chi connectivity index (χ2n) is 5.66. The number of ether oxygens (including phenoxy) is 1. The molecule has 0 radical (unpaired) electrons. The molecule has 0 amide bonds. The molecule has 0 saturated heterocycles. The minimum absolute atomic E-state index is 0.0799. The summed E-state index contributed by atoms with van der Waals surface area (Å²) in [5.74, 6) is -0.115. The first-order chi connectivity index (χ1) is 9.56. The van der Waals surface area contributed by atoms with E-state index in [4.69, 9.17) is 4.74 Å². The standard InChI is InChI=1S/C16H23NO3/c1-11(2)20-14-9-5-6-12(10-14)15(16(18)19)17-13-7-3-4-8-13/h5-6,9-11,13,15,17H,3-4,7-8H2,1-2H3,(H,18,19). The van der Waals surface area contributed by atoms with Gasteiger partial charge in [0.1, 0.15) is 11.8 Å². The molecule has 4 nitrogen and oxygen atoms in total. The van der Waals surface area contributed by atoms with Crippen molar-refractivity contribution >= 4 is 5.97 Å². The Kier molecular flexibility index (Phi) is 5.01. The number of aliphatic carboxylic acids is 1. The normalized spacial score (nSPS) is 17.4. The number of hydrogen-bond donors (Lipinski definition) is 2. The topological polar surface area (TPSA) is 58.6 Å². The van der Waals surface area contributed by atoms with E-state index in [0.29, 0.717) is 6.04 Å². The van der Waals surface area contributed by atoms with E-state index in [1.54, 1.807) is 0 Å². The van der Waals surface area contributed by atoms with Crippen molar-refractivity contribution in [3.63, 3.8) is 0 Å². The zero-order chi connectivity index (χ0) is 14.5. The maximum absolute atomic E-state index is 11.5. The summed E-state index contributed by atoms with van der Waals surface area (Å²) in [7, 11) is 0. The maximum atomic E-state index is 11.5. The van der Waals surface area contributed by atoms with Crippen molar-refractivity contribution in [2.75, 3.05) is 0 Å². The highest BCUT2D eigenvalue weighted by molar-refractivity contribution is 5.75. The van der Waals surface area contributed by atoms with Gasteiger partial charge in [-0.3, -0.25) is 10.1 Å². The van der Waals surface area contributed by atoms with Crippen LogP contribution < -0.4 is 10.1 Å². The van der Waals surface area contributed by atoms with Crippen LogP contribution in [0.2, 0.25) is 0 Å². The van der Waals surface area contributed by atoms with E-state index in [2.05, 4.69) is 5.32 Å². The molecule has 1 fully saturated rings. The van der Waals surface area contributed by atoms with Gasteiger partial charge in [-0.1, -0.05) is 25.0 Å². The highest BCUT2D eigenvalue weighted by Crippen LogP contribution is 2.25. The van der Waals surface area contributed by atoms with Crippen LogP contribution >= 0.6 is 0 Å². The lowest BCUT2D eigenvalue weighted by Crippen LogP contribution is -2.35. The van der Waals surface area contributed by atoms with Gasteiger partial charge < -0.3 is 9.84 Å². The second kappa shape index (κ2) is 6.75. The molecule has 0 heterocycles. The van der Waals surface area contributed by atoms with E-state index in [-0.39, 0.29) is 6.10 Å². The van der Waals surface area contributed by atoms with Gasteiger partial charge in [0.25, 0.3) is 0 Å². The van der Waals surface area contributed by atoms with Crippen molar-refractivity contribution < 1.29 is 14.6 Å². The maximum Gasteiger partial charge on any atom is 0.325 e. The molecule has 1 unspecified atom stereocenters. The van der Waals surface area contributed by atoms with Gasteiger partial charge in [-0.2, -0.15) is 0 Å². The van der Waals surface area contributed by atoms with Crippen LogP contribution in [0.5, 0.6) is 5.75 Å². The van der Waals surface area contributed by atoms with E-state index in [0.717, 1.165) is 24.2 Å². The smallest absolute Gasteiger partial charge is 0.325 e. The monoisotopic (exact) mass is 277 g/mol. The fraction of sp³-hybridized carbons (Fsp3) is 0.562. The van der Waals surface area contributed by atoms with E-state index in [1.165, 1.54) is 12.8 Å². The van der Waals surface area contributed by atoms with Gasteiger partial charge in [0.15, 0.2) is 0 Å². The summed E-state index contributed by atoms with van der Waals surface area (Å²) in [5.41, 5.74) is 0.752. The Morgan fingerprint density at radius 1 is 1.35 bits per heavy atom. The first-order valence-electron chi connectivity index (χ1n) is 7.31. The Morgan fingerprint density at radius 2 is 2.05 bits per heavy atom. The summed E-state index contributed by atoms with van der Waals surface area (Å²) in [4.78, 5) is 11.5. The summed E-state index contributed by atoms with van der Waals surface area (Å²) >= 11 is 0. The molecule has 1 atom stereocenters. The van der Waals surface area contributed by atoms with Gasteiger partial charge in [0, 0.05) is 6.04 Å².